The Morgan fingerprint density at radius 2 is 1.80 bits per heavy atom. The van der Waals surface area contributed by atoms with E-state index in [0.717, 1.165) is 37.8 Å². The van der Waals surface area contributed by atoms with E-state index < -0.39 is 0 Å². The van der Waals surface area contributed by atoms with E-state index in [4.69, 9.17) is 4.74 Å². The summed E-state index contributed by atoms with van der Waals surface area (Å²) in [7, 11) is 0. The molecule has 0 aromatic rings. The van der Waals surface area contributed by atoms with Crippen molar-refractivity contribution in [2.75, 3.05) is 19.7 Å². The van der Waals surface area contributed by atoms with Crippen LogP contribution in [-0.4, -0.2) is 42.1 Å². The predicted molar refractivity (Wildman–Crippen MR) is 92.9 cm³/mol. The van der Waals surface area contributed by atoms with Crippen LogP contribution in [0.25, 0.3) is 0 Å². The smallest absolute Gasteiger partial charge is 0.407 e. The number of nitrogens with one attached hydrogen (secondary N) is 1. The second-order valence-electron chi connectivity index (χ2n) is 9.68. The van der Waals surface area contributed by atoms with Crippen LogP contribution in [0.2, 0.25) is 0 Å². The lowest BCUT2D eigenvalue weighted by molar-refractivity contribution is -0.153. The van der Waals surface area contributed by atoms with Gasteiger partial charge in [0.05, 0.1) is 5.54 Å². The minimum absolute atomic E-state index is 0.0925. The largest absolute Gasteiger partial charge is 0.447 e. The molecule has 0 aromatic carbocycles. The van der Waals surface area contributed by atoms with Crippen molar-refractivity contribution in [2.24, 2.45) is 23.2 Å². The summed E-state index contributed by atoms with van der Waals surface area (Å²) in [5.74, 6) is 2.30. The van der Waals surface area contributed by atoms with Gasteiger partial charge in [0.2, 0.25) is 5.91 Å². The number of likely N-dealkylation sites (tertiary alicyclic amines) is 1. The first kappa shape index (κ1) is 16.0. The Morgan fingerprint density at radius 3 is 2.48 bits per heavy atom. The van der Waals surface area contributed by atoms with Crippen LogP contribution in [0.4, 0.5) is 4.79 Å². The molecule has 0 aromatic heterocycles. The van der Waals surface area contributed by atoms with E-state index in [9.17, 15) is 9.59 Å². The van der Waals surface area contributed by atoms with Gasteiger partial charge in [0.25, 0.3) is 0 Å². The van der Waals surface area contributed by atoms with Gasteiger partial charge in [0.15, 0.2) is 0 Å². The fourth-order valence-corrected chi connectivity index (χ4v) is 6.49. The zero-order valence-corrected chi connectivity index (χ0v) is 15.1. The summed E-state index contributed by atoms with van der Waals surface area (Å²) in [6, 6.07) is 0. The van der Waals surface area contributed by atoms with Gasteiger partial charge in [0.1, 0.15) is 6.61 Å². The molecule has 2 amide bonds. The Balaban J connectivity index is 1.11. The fraction of sp³-hybridized carbons (Fsp3) is 0.900. The van der Waals surface area contributed by atoms with Gasteiger partial charge in [-0.25, -0.2) is 4.79 Å². The molecule has 5 aliphatic rings. The molecule has 2 spiro atoms. The maximum atomic E-state index is 12.7. The molecule has 138 valence electrons. The lowest BCUT2D eigenvalue weighted by Crippen LogP contribution is -2.63. The average Bonchev–Trinajstić information content (AvgIpc) is 3.17. The van der Waals surface area contributed by atoms with E-state index >= 15 is 0 Å². The summed E-state index contributed by atoms with van der Waals surface area (Å²) in [6.07, 6.45) is 12.5. The summed E-state index contributed by atoms with van der Waals surface area (Å²) >= 11 is 0. The third kappa shape index (κ3) is 2.65. The van der Waals surface area contributed by atoms with Crippen molar-refractivity contribution < 1.29 is 14.3 Å². The molecule has 1 atom stereocenters. The van der Waals surface area contributed by atoms with Gasteiger partial charge in [-0.15, -0.1) is 0 Å². The first-order chi connectivity index (χ1) is 12.1. The van der Waals surface area contributed by atoms with E-state index in [1.807, 2.05) is 0 Å². The number of carbonyl (C=O) groups is 2. The van der Waals surface area contributed by atoms with Crippen LogP contribution in [0.5, 0.6) is 0 Å². The van der Waals surface area contributed by atoms with Crippen molar-refractivity contribution in [3.8, 4) is 0 Å². The number of ether oxygens (including phenoxy) is 1. The lowest BCUT2D eigenvalue weighted by Gasteiger charge is -2.52. The highest BCUT2D eigenvalue weighted by atomic mass is 16.6. The average molecular weight is 346 g/mol. The number of rotatable bonds is 2. The van der Waals surface area contributed by atoms with Crippen LogP contribution in [0.15, 0.2) is 0 Å². The molecule has 0 bridgehead atoms. The van der Waals surface area contributed by atoms with E-state index in [-0.39, 0.29) is 17.6 Å². The maximum absolute atomic E-state index is 12.7. The number of carbonyl (C=O) groups excluding carboxylic acids is 2. The van der Waals surface area contributed by atoms with E-state index in [2.05, 4.69) is 10.2 Å². The molecule has 5 fully saturated rings. The molecular formula is C20H30N2O3. The second-order valence-corrected chi connectivity index (χ2v) is 9.68. The van der Waals surface area contributed by atoms with Gasteiger partial charge in [-0.1, -0.05) is 32.1 Å². The third-order valence-corrected chi connectivity index (χ3v) is 7.89. The number of hydrogen-bond acceptors (Lipinski definition) is 3. The third-order valence-electron chi connectivity index (χ3n) is 7.89. The quantitative estimate of drug-likeness (QED) is 0.836. The highest BCUT2D eigenvalue weighted by Gasteiger charge is 2.57. The number of cyclic esters (lactones) is 1. The molecule has 2 saturated heterocycles. The van der Waals surface area contributed by atoms with Gasteiger partial charge in [-0.3, -0.25) is 4.79 Å². The van der Waals surface area contributed by atoms with E-state index in [1.165, 1.54) is 51.4 Å². The van der Waals surface area contributed by atoms with Crippen LogP contribution < -0.4 is 5.32 Å². The molecule has 5 heteroatoms. The Morgan fingerprint density at radius 1 is 1.04 bits per heavy atom. The lowest BCUT2D eigenvalue weighted by atomic mass is 9.67. The summed E-state index contributed by atoms with van der Waals surface area (Å²) in [4.78, 5) is 26.1. The van der Waals surface area contributed by atoms with Crippen molar-refractivity contribution in [3.63, 3.8) is 0 Å². The first-order valence-corrected chi connectivity index (χ1v) is 10.3. The van der Waals surface area contributed by atoms with Gasteiger partial charge in [-0.2, -0.15) is 0 Å². The highest BCUT2D eigenvalue weighted by molar-refractivity contribution is 5.82. The Kier molecular flexibility index (Phi) is 3.58. The zero-order valence-electron chi connectivity index (χ0n) is 15.1. The van der Waals surface area contributed by atoms with Crippen molar-refractivity contribution >= 4 is 12.0 Å². The monoisotopic (exact) mass is 346 g/mol. The topological polar surface area (TPSA) is 58.6 Å². The van der Waals surface area contributed by atoms with Crippen molar-refractivity contribution in [3.05, 3.63) is 0 Å². The van der Waals surface area contributed by atoms with Crippen molar-refractivity contribution in [1.29, 1.82) is 0 Å². The molecule has 1 unspecified atom stereocenters. The fourth-order valence-electron chi connectivity index (χ4n) is 6.49. The molecule has 5 nitrogen and oxygen atoms in total. The molecule has 3 aliphatic carbocycles. The van der Waals surface area contributed by atoms with Crippen LogP contribution in [0.1, 0.15) is 64.2 Å². The molecule has 3 saturated carbocycles. The van der Waals surface area contributed by atoms with Crippen LogP contribution in [0.3, 0.4) is 0 Å². The Bertz CT molecular complexity index is 571. The molecule has 1 N–H and O–H groups in total. The SMILES string of the molecule is O=C1N[C@]2(CO1)C[C@H](C(=O)N1CC3(CCC(C4CCCCC4)C3)C1)C2. The first-order valence-electron chi connectivity index (χ1n) is 10.3. The van der Waals surface area contributed by atoms with Crippen molar-refractivity contribution in [2.45, 2.75) is 69.7 Å². The van der Waals surface area contributed by atoms with Crippen LogP contribution in [-0.2, 0) is 9.53 Å². The summed E-state index contributed by atoms with van der Waals surface area (Å²) in [5, 5.41) is 2.89. The minimum atomic E-state index is -0.325. The standard InChI is InChI=1S/C20H30N2O3/c23-17(16-9-20(10-16)13-25-18(24)21-20)22-11-19(12-22)7-6-15(8-19)14-4-2-1-3-5-14/h14-16H,1-13H2,(H,21,24)/t15?,16-,20+. The molecular weight excluding hydrogens is 316 g/mol. The summed E-state index contributed by atoms with van der Waals surface area (Å²) in [5.41, 5.74) is 0.212. The van der Waals surface area contributed by atoms with Crippen molar-refractivity contribution in [1.82, 2.24) is 10.2 Å². The predicted octanol–water partition coefficient (Wildman–Crippen LogP) is 3.08. The number of hydrogen-bond donors (Lipinski definition) is 1. The molecule has 2 aliphatic heterocycles. The zero-order chi connectivity index (χ0) is 17.1. The summed E-state index contributed by atoms with van der Waals surface area (Å²) in [6.45, 7) is 2.41. The minimum Gasteiger partial charge on any atom is -0.447 e. The van der Waals surface area contributed by atoms with E-state index in [1.54, 1.807) is 0 Å². The molecule has 5 rings (SSSR count). The van der Waals surface area contributed by atoms with Gasteiger partial charge < -0.3 is 15.0 Å². The molecule has 25 heavy (non-hydrogen) atoms. The normalized spacial score (nSPS) is 39.8. The van der Waals surface area contributed by atoms with Gasteiger partial charge >= 0.3 is 6.09 Å². The second kappa shape index (κ2) is 5.62. The molecule has 2 heterocycles. The van der Waals surface area contributed by atoms with Gasteiger partial charge in [0, 0.05) is 24.4 Å². The maximum Gasteiger partial charge on any atom is 0.407 e. The van der Waals surface area contributed by atoms with E-state index in [0.29, 0.717) is 17.9 Å². The Labute approximate surface area is 149 Å². The number of alkyl carbamates (subject to hydrolysis) is 1. The summed E-state index contributed by atoms with van der Waals surface area (Å²) < 4.78 is 5.01. The van der Waals surface area contributed by atoms with Gasteiger partial charge in [-0.05, 0) is 43.9 Å². The Hall–Kier alpha value is -1.26. The number of nitrogens with zero attached hydrogens (tertiary/aromatic N) is 1. The molecule has 0 radical (unpaired) electrons. The highest BCUT2D eigenvalue weighted by Crippen LogP contribution is 2.53. The van der Waals surface area contributed by atoms with Crippen LogP contribution >= 0.6 is 0 Å². The number of amides is 2. The van der Waals surface area contributed by atoms with Crippen LogP contribution in [0, 0.1) is 23.2 Å².